The van der Waals surface area contributed by atoms with Gasteiger partial charge in [-0.2, -0.15) is 0 Å². The Kier molecular flexibility index (Phi) is 3.68. The molecular weight excluding hydrogens is 234 g/mol. The second-order valence-electron chi connectivity index (χ2n) is 4.77. The lowest BCUT2D eigenvalue weighted by atomic mass is 10.2. The highest BCUT2D eigenvalue weighted by atomic mass is 16.5. The van der Waals surface area contributed by atoms with E-state index in [-0.39, 0.29) is 11.2 Å². The molecule has 1 atom stereocenters. The first-order valence-corrected chi connectivity index (χ1v) is 6.08. The maximum Gasteiger partial charge on any atom is 0.330 e. The summed E-state index contributed by atoms with van der Waals surface area (Å²) >= 11 is 0. The summed E-state index contributed by atoms with van der Waals surface area (Å²) in [7, 11) is 3.19. The fourth-order valence-electron chi connectivity index (χ4n) is 2.13. The number of ether oxygens (including phenoxy) is 1. The fraction of sp³-hybridized carbons (Fsp3) is 0.667. The molecule has 1 aliphatic rings. The van der Waals surface area contributed by atoms with Gasteiger partial charge < -0.3 is 4.74 Å². The molecule has 18 heavy (non-hydrogen) atoms. The van der Waals surface area contributed by atoms with Crippen LogP contribution in [0.3, 0.4) is 0 Å². The molecule has 0 saturated carbocycles. The summed E-state index contributed by atoms with van der Waals surface area (Å²) in [5, 5.41) is 0. The standard InChI is InChI=1S/C12H19N3O3/c1-9-8-18-5-4-15(9)7-10-6-11(16)14(3)12(17)13(10)2/h6,9H,4-5,7-8H2,1-3H3. The van der Waals surface area contributed by atoms with E-state index in [4.69, 9.17) is 4.74 Å². The van der Waals surface area contributed by atoms with Crippen LogP contribution in [-0.4, -0.2) is 39.8 Å². The van der Waals surface area contributed by atoms with Crippen molar-refractivity contribution in [1.29, 1.82) is 0 Å². The molecule has 0 bridgehead atoms. The highest BCUT2D eigenvalue weighted by Crippen LogP contribution is 2.09. The van der Waals surface area contributed by atoms with Gasteiger partial charge in [0.15, 0.2) is 0 Å². The van der Waals surface area contributed by atoms with Crippen LogP contribution in [0.1, 0.15) is 12.6 Å². The Hall–Kier alpha value is -1.40. The molecule has 1 saturated heterocycles. The second kappa shape index (κ2) is 5.07. The summed E-state index contributed by atoms with van der Waals surface area (Å²) in [6.45, 7) is 4.90. The summed E-state index contributed by atoms with van der Waals surface area (Å²) < 4.78 is 8.02. The first kappa shape index (κ1) is 13.0. The van der Waals surface area contributed by atoms with Crippen molar-refractivity contribution in [3.8, 4) is 0 Å². The highest BCUT2D eigenvalue weighted by Gasteiger charge is 2.20. The molecule has 6 heteroatoms. The lowest BCUT2D eigenvalue weighted by Crippen LogP contribution is -2.45. The molecule has 0 spiro atoms. The first-order chi connectivity index (χ1) is 8.50. The van der Waals surface area contributed by atoms with E-state index in [0.717, 1.165) is 16.8 Å². The van der Waals surface area contributed by atoms with Crippen LogP contribution in [0.2, 0.25) is 0 Å². The van der Waals surface area contributed by atoms with Gasteiger partial charge >= 0.3 is 5.69 Å². The summed E-state index contributed by atoms with van der Waals surface area (Å²) in [6.07, 6.45) is 0. The van der Waals surface area contributed by atoms with Crippen molar-refractivity contribution in [1.82, 2.24) is 14.0 Å². The molecule has 100 valence electrons. The topological polar surface area (TPSA) is 56.5 Å². The molecule has 0 aliphatic carbocycles. The van der Waals surface area contributed by atoms with Gasteiger partial charge in [0, 0.05) is 45.0 Å². The maximum absolute atomic E-state index is 11.8. The number of rotatable bonds is 2. The third kappa shape index (κ3) is 2.39. The Labute approximate surface area is 105 Å². The van der Waals surface area contributed by atoms with Crippen LogP contribution in [-0.2, 0) is 25.4 Å². The van der Waals surface area contributed by atoms with Crippen LogP contribution in [0.25, 0.3) is 0 Å². The van der Waals surface area contributed by atoms with Crippen molar-refractivity contribution in [2.75, 3.05) is 19.8 Å². The zero-order valence-corrected chi connectivity index (χ0v) is 11.0. The Bertz CT molecular complexity index is 546. The monoisotopic (exact) mass is 253 g/mol. The quantitative estimate of drug-likeness (QED) is 0.700. The number of hydrogen-bond donors (Lipinski definition) is 0. The largest absolute Gasteiger partial charge is 0.379 e. The number of hydrogen-bond acceptors (Lipinski definition) is 4. The third-order valence-electron chi connectivity index (χ3n) is 3.50. The second-order valence-corrected chi connectivity index (χ2v) is 4.77. The molecule has 1 aromatic heterocycles. The van der Waals surface area contributed by atoms with Crippen molar-refractivity contribution in [3.05, 3.63) is 32.6 Å². The van der Waals surface area contributed by atoms with Gasteiger partial charge in [0.1, 0.15) is 0 Å². The summed E-state index contributed by atoms with van der Waals surface area (Å²) in [4.78, 5) is 25.7. The van der Waals surface area contributed by atoms with Gasteiger partial charge in [0.05, 0.1) is 13.2 Å². The Morgan fingerprint density at radius 3 is 2.72 bits per heavy atom. The van der Waals surface area contributed by atoms with Crippen molar-refractivity contribution < 1.29 is 4.74 Å². The van der Waals surface area contributed by atoms with Crippen molar-refractivity contribution >= 4 is 0 Å². The number of aromatic nitrogens is 2. The molecule has 1 aliphatic heterocycles. The molecular formula is C12H19N3O3. The molecule has 0 N–H and O–H groups in total. The predicted octanol–water partition coefficient (Wildman–Crippen LogP) is -0.695. The van der Waals surface area contributed by atoms with Gasteiger partial charge in [0.25, 0.3) is 5.56 Å². The molecule has 0 amide bonds. The van der Waals surface area contributed by atoms with Gasteiger partial charge in [-0.25, -0.2) is 4.79 Å². The minimum absolute atomic E-state index is 0.256. The molecule has 2 heterocycles. The van der Waals surface area contributed by atoms with Gasteiger partial charge in [0.2, 0.25) is 0 Å². The lowest BCUT2D eigenvalue weighted by Gasteiger charge is -2.33. The van der Waals surface area contributed by atoms with E-state index in [0.29, 0.717) is 25.8 Å². The Balaban J connectivity index is 2.29. The van der Waals surface area contributed by atoms with Crippen LogP contribution in [0.15, 0.2) is 15.7 Å². The molecule has 0 aromatic carbocycles. The summed E-state index contributed by atoms with van der Waals surface area (Å²) in [6, 6.07) is 1.83. The van der Waals surface area contributed by atoms with Crippen molar-refractivity contribution in [3.63, 3.8) is 0 Å². The summed E-state index contributed by atoms with van der Waals surface area (Å²) in [5.41, 5.74) is 0.212. The van der Waals surface area contributed by atoms with Gasteiger partial charge in [-0.05, 0) is 6.92 Å². The predicted molar refractivity (Wildman–Crippen MR) is 67.6 cm³/mol. The lowest BCUT2D eigenvalue weighted by molar-refractivity contribution is -0.00544. The summed E-state index contributed by atoms with van der Waals surface area (Å²) in [5.74, 6) is 0. The molecule has 0 radical (unpaired) electrons. The van der Waals surface area contributed by atoms with Crippen LogP contribution in [0.4, 0.5) is 0 Å². The molecule has 1 fully saturated rings. The normalized spacial score (nSPS) is 21.2. The van der Waals surface area contributed by atoms with E-state index in [1.165, 1.54) is 17.7 Å². The van der Waals surface area contributed by atoms with Crippen molar-refractivity contribution in [2.24, 2.45) is 14.1 Å². The minimum atomic E-state index is -0.279. The van der Waals surface area contributed by atoms with Crippen molar-refractivity contribution in [2.45, 2.75) is 19.5 Å². The van der Waals surface area contributed by atoms with Crippen LogP contribution in [0, 0.1) is 0 Å². The molecule has 1 unspecified atom stereocenters. The zero-order chi connectivity index (χ0) is 13.3. The Morgan fingerprint density at radius 2 is 2.06 bits per heavy atom. The van der Waals surface area contributed by atoms with E-state index in [1.54, 1.807) is 7.05 Å². The maximum atomic E-state index is 11.8. The van der Waals surface area contributed by atoms with E-state index in [2.05, 4.69) is 11.8 Å². The average Bonchev–Trinajstić information content (AvgIpc) is 2.36. The number of morpholine rings is 1. The van der Waals surface area contributed by atoms with Crippen LogP contribution < -0.4 is 11.2 Å². The Morgan fingerprint density at radius 1 is 1.33 bits per heavy atom. The molecule has 6 nitrogen and oxygen atoms in total. The zero-order valence-electron chi connectivity index (χ0n) is 11.0. The fourth-order valence-corrected chi connectivity index (χ4v) is 2.13. The molecule has 2 rings (SSSR count). The van der Waals surface area contributed by atoms with E-state index in [9.17, 15) is 9.59 Å². The van der Waals surface area contributed by atoms with Gasteiger partial charge in [-0.15, -0.1) is 0 Å². The van der Waals surface area contributed by atoms with E-state index < -0.39 is 0 Å². The number of nitrogens with zero attached hydrogens (tertiary/aromatic N) is 3. The minimum Gasteiger partial charge on any atom is -0.379 e. The van der Waals surface area contributed by atoms with Crippen LogP contribution >= 0.6 is 0 Å². The first-order valence-electron chi connectivity index (χ1n) is 6.08. The van der Waals surface area contributed by atoms with Gasteiger partial charge in [-0.3, -0.25) is 18.8 Å². The molecule has 1 aromatic rings. The highest BCUT2D eigenvalue weighted by molar-refractivity contribution is 5.02. The van der Waals surface area contributed by atoms with E-state index in [1.807, 2.05) is 0 Å². The van der Waals surface area contributed by atoms with Crippen LogP contribution in [0.5, 0.6) is 0 Å². The smallest absolute Gasteiger partial charge is 0.330 e. The average molecular weight is 253 g/mol. The third-order valence-corrected chi connectivity index (χ3v) is 3.50. The SMILES string of the molecule is CC1COCCN1Cc1cc(=O)n(C)c(=O)n1C. The van der Waals surface area contributed by atoms with Gasteiger partial charge in [-0.1, -0.05) is 0 Å². The van der Waals surface area contributed by atoms with E-state index >= 15 is 0 Å².